The number of phenolic OH excluding ortho intramolecular Hbond substituents is 2. The fraction of sp³-hybridized carbons (Fsp3) is 0. The molecular weight excluding hydrogens is 266 g/mol. The van der Waals surface area contributed by atoms with Crippen LogP contribution in [-0.4, -0.2) is 15.4 Å². The third-order valence-electron chi connectivity index (χ3n) is 3.59. The van der Waals surface area contributed by atoms with E-state index in [1.54, 1.807) is 30.3 Å². The van der Waals surface area contributed by atoms with Gasteiger partial charge in [-0.15, -0.1) is 0 Å². The van der Waals surface area contributed by atoms with Crippen LogP contribution in [0.5, 0.6) is 11.5 Å². The van der Waals surface area contributed by atoms with Crippen molar-refractivity contribution in [3.8, 4) is 22.8 Å². The summed E-state index contributed by atoms with van der Waals surface area (Å²) in [6, 6.07) is 16.0. The number of benzene rings is 3. The number of nitrogens with zero attached hydrogens (tertiary/aromatic N) is 1. The van der Waals surface area contributed by atoms with Crippen molar-refractivity contribution >= 4 is 21.7 Å². The fourth-order valence-electron chi connectivity index (χ4n) is 2.55. The Bertz CT molecular complexity index is 972. The first kappa shape index (κ1) is 11.8. The molecule has 0 unspecified atom stereocenters. The molecule has 0 atom stereocenters. The Morgan fingerprint density at radius 1 is 0.857 bits per heavy atom. The number of fused-ring (bicyclic) bond motifs is 2. The highest BCUT2D eigenvalue weighted by atomic mass is 16.5. The van der Waals surface area contributed by atoms with E-state index in [2.05, 4.69) is 5.16 Å². The highest BCUT2D eigenvalue weighted by molar-refractivity contribution is 5.96. The highest BCUT2D eigenvalue weighted by Gasteiger charge is 2.11. The Kier molecular flexibility index (Phi) is 2.38. The van der Waals surface area contributed by atoms with Crippen LogP contribution < -0.4 is 0 Å². The highest BCUT2D eigenvalue weighted by Crippen LogP contribution is 2.33. The monoisotopic (exact) mass is 277 g/mol. The van der Waals surface area contributed by atoms with Crippen LogP contribution in [0.15, 0.2) is 59.1 Å². The molecule has 0 aliphatic rings. The maximum absolute atomic E-state index is 9.83. The van der Waals surface area contributed by atoms with Crippen LogP contribution in [0.1, 0.15) is 0 Å². The summed E-state index contributed by atoms with van der Waals surface area (Å²) < 4.78 is 5.26. The van der Waals surface area contributed by atoms with Crippen LogP contribution in [0, 0.1) is 0 Å². The second-order valence-corrected chi connectivity index (χ2v) is 4.92. The Hall–Kier alpha value is -3.01. The maximum atomic E-state index is 9.83. The van der Waals surface area contributed by atoms with Crippen LogP contribution in [-0.2, 0) is 0 Å². The zero-order valence-electron chi connectivity index (χ0n) is 10.9. The van der Waals surface area contributed by atoms with Gasteiger partial charge >= 0.3 is 0 Å². The van der Waals surface area contributed by atoms with Crippen LogP contribution in [0.25, 0.3) is 33.0 Å². The van der Waals surface area contributed by atoms with E-state index in [1.807, 2.05) is 24.3 Å². The van der Waals surface area contributed by atoms with Gasteiger partial charge in [-0.25, -0.2) is 0 Å². The van der Waals surface area contributed by atoms with Crippen molar-refractivity contribution in [1.29, 1.82) is 0 Å². The van der Waals surface area contributed by atoms with Gasteiger partial charge in [-0.3, -0.25) is 0 Å². The predicted molar refractivity (Wildman–Crippen MR) is 80.3 cm³/mol. The zero-order valence-corrected chi connectivity index (χ0v) is 10.9. The van der Waals surface area contributed by atoms with Gasteiger partial charge in [0, 0.05) is 22.4 Å². The van der Waals surface area contributed by atoms with Gasteiger partial charge in [-0.1, -0.05) is 23.4 Å². The second kappa shape index (κ2) is 4.24. The van der Waals surface area contributed by atoms with Crippen molar-refractivity contribution in [1.82, 2.24) is 5.16 Å². The van der Waals surface area contributed by atoms with E-state index in [4.69, 9.17) is 4.52 Å². The first-order chi connectivity index (χ1) is 10.2. The molecular formula is C17H11NO3. The van der Waals surface area contributed by atoms with Gasteiger partial charge < -0.3 is 14.7 Å². The summed E-state index contributed by atoms with van der Waals surface area (Å²) in [6.07, 6.45) is 0. The molecule has 0 radical (unpaired) electrons. The van der Waals surface area contributed by atoms with Crippen molar-refractivity contribution in [2.45, 2.75) is 0 Å². The van der Waals surface area contributed by atoms with Crippen LogP contribution >= 0.6 is 0 Å². The van der Waals surface area contributed by atoms with Crippen molar-refractivity contribution in [3.05, 3.63) is 54.6 Å². The molecule has 0 bridgehead atoms. The lowest BCUT2D eigenvalue weighted by Gasteiger charge is -2.03. The molecule has 0 saturated carbocycles. The first-order valence-electron chi connectivity index (χ1n) is 6.53. The standard InChI is InChI=1S/C17H11NO3/c19-12-5-7-14-16(9-12)21-18-17(14)11-4-6-13-10(8-11)2-1-3-15(13)20/h1-9,19-20H. The van der Waals surface area contributed by atoms with Crippen molar-refractivity contribution < 1.29 is 14.7 Å². The topological polar surface area (TPSA) is 66.5 Å². The fourth-order valence-corrected chi connectivity index (χ4v) is 2.55. The maximum Gasteiger partial charge on any atom is 0.171 e. The molecule has 2 N–H and O–H groups in total. The molecule has 0 aliphatic heterocycles. The second-order valence-electron chi connectivity index (χ2n) is 4.92. The largest absolute Gasteiger partial charge is 0.508 e. The minimum atomic E-state index is 0.147. The molecule has 1 heterocycles. The summed E-state index contributed by atoms with van der Waals surface area (Å²) in [6.45, 7) is 0. The average Bonchev–Trinajstić information content (AvgIpc) is 2.90. The van der Waals surface area contributed by atoms with Crippen molar-refractivity contribution in [3.63, 3.8) is 0 Å². The third-order valence-corrected chi connectivity index (χ3v) is 3.59. The Labute approximate surface area is 119 Å². The summed E-state index contributed by atoms with van der Waals surface area (Å²) in [4.78, 5) is 0. The molecule has 0 fully saturated rings. The average molecular weight is 277 g/mol. The van der Waals surface area contributed by atoms with E-state index in [1.165, 1.54) is 0 Å². The van der Waals surface area contributed by atoms with E-state index in [-0.39, 0.29) is 11.5 Å². The summed E-state index contributed by atoms with van der Waals surface area (Å²) in [5.74, 6) is 0.405. The number of rotatable bonds is 1. The van der Waals surface area contributed by atoms with Crippen molar-refractivity contribution in [2.24, 2.45) is 0 Å². The zero-order chi connectivity index (χ0) is 14.4. The summed E-state index contributed by atoms with van der Waals surface area (Å²) >= 11 is 0. The lowest BCUT2D eigenvalue weighted by molar-refractivity contribution is 0.451. The lowest BCUT2D eigenvalue weighted by atomic mass is 10.0. The Morgan fingerprint density at radius 3 is 2.62 bits per heavy atom. The SMILES string of the molecule is Oc1ccc2c(-c3ccc4c(O)cccc4c3)noc2c1. The van der Waals surface area contributed by atoms with Gasteiger partial charge in [-0.2, -0.15) is 0 Å². The number of phenols is 2. The van der Waals surface area contributed by atoms with E-state index in [9.17, 15) is 10.2 Å². The molecule has 4 aromatic rings. The molecule has 21 heavy (non-hydrogen) atoms. The smallest absolute Gasteiger partial charge is 0.171 e. The predicted octanol–water partition coefficient (Wildman–Crippen LogP) is 4.06. The van der Waals surface area contributed by atoms with Gasteiger partial charge in [0.25, 0.3) is 0 Å². The van der Waals surface area contributed by atoms with Gasteiger partial charge in [0.1, 0.15) is 17.2 Å². The first-order valence-corrected chi connectivity index (χ1v) is 6.53. The normalized spacial score (nSPS) is 11.2. The van der Waals surface area contributed by atoms with E-state index in [0.29, 0.717) is 5.58 Å². The van der Waals surface area contributed by atoms with Gasteiger partial charge in [0.15, 0.2) is 5.58 Å². The molecule has 102 valence electrons. The number of hydrogen-bond acceptors (Lipinski definition) is 4. The quantitative estimate of drug-likeness (QED) is 0.550. The molecule has 4 rings (SSSR count). The molecule has 0 aliphatic carbocycles. The van der Waals surface area contributed by atoms with E-state index < -0.39 is 0 Å². The summed E-state index contributed by atoms with van der Waals surface area (Å²) in [5, 5.41) is 26.0. The van der Waals surface area contributed by atoms with Gasteiger partial charge in [-0.05, 0) is 35.7 Å². The Morgan fingerprint density at radius 2 is 1.71 bits per heavy atom. The molecule has 4 heteroatoms. The molecule has 0 saturated heterocycles. The van der Waals surface area contributed by atoms with Gasteiger partial charge in [0.2, 0.25) is 0 Å². The lowest BCUT2D eigenvalue weighted by Crippen LogP contribution is -1.80. The van der Waals surface area contributed by atoms with Crippen molar-refractivity contribution in [2.75, 3.05) is 0 Å². The Balaban J connectivity index is 1.96. The molecule has 1 aromatic heterocycles. The van der Waals surface area contributed by atoms with Crippen LogP contribution in [0.2, 0.25) is 0 Å². The molecule has 4 nitrogen and oxygen atoms in total. The number of hydrogen-bond donors (Lipinski definition) is 2. The molecule has 0 spiro atoms. The minimum absolute atomic E-state index is 0.147. The molecule has 0 amide bonds. The number of aromatic nitrogens is 1. The summed E-state index contributed by atoms with van der Waals surface area (Å²) in [7, 11) is 0. The summed E-state index contributed by atoms with van der Waals surface area (Å²) in [5.41, 5.74) is 2.16. The van der Waals surface area contributed by atoms with E-state index in [0.717, 1.165) is 27.4 Å². The molecule has 3 aromatic carbocycles. The minimum Gasteiger partial charge on any atom is -0.508 e. The van der Waals surface area contributed by atoms with Crippen LogP contribution in [0.4, 0.5) is 0 Å². The van der Waals surface area contributed by atoms with E-state index >= 15 is 0 Å². The van der Waals surface area contributed by atoms with Gasteiger partial charge in [0.05, 0.1) is 0 Å². The number of aromatic hydroxyl groups is 2. The van der Waals surface area contributed by atoms with Crippen LogP contribution in [0.3, 0.4) is 0 Å². The third kappa shape index (κ3) is 1.80.